The third kappa shape index (κ3) is 7.42. The van der Waals surface area contributed by atoms with Crippen molar-refractivity contribution in [3.05, 3.63) is 23.2 Å². The number of carbonyl (C=O) groups is 2. The molecule has 0 bridgehead atoms. The summed E-state index contributed by atoms with van der Waals surface area (Å²) in [5.74, 6) is 0.342. The maximum Gasteiger partial charge on any atom is 0.313 e. The molecule has 0 saturated heterocycles. The van der Waals surface area contributed by atoms with Gasteiger partial charge < -0.3 is 20.5 Å². The summed E-state index contributed by atoms with van der Waals surface area (Å²) < 4.78 is 5.20. The Morgan fingerprint density at radius 2 is 2.14 bits per heavy atom. The number of carbonyl (C=O) groups excluding carboxylic acids is 1. The van der Waals surface area contributed by atoms with Crippen LogP contribution < -0.4 is 15.4 Å². The quantitative estimate of drug-likeness (QED) is 0.562. The van der Waals surface area contributed by atoms with Crippen molar-refractivity contribution in [1.29, 1.82) is 0 Å². The Balaban J connectivity index is 2.22. The van der Waals surface area contributed by atoms with Gasteiger partial charge in [-0.2, -0.15) is 0 Å². The van der Waals surface area contributed by atoms with E-state index in [0.29, 0.717) is 36.0 Å². The lowest BCUT2D eigenvalue weighted by molar-refractivity contribution is -0.133. The topological polar surface area (TPSA) is 87.7 Å². The Hall–Kier alpha value is -1.60. The van der Waals surface area contributed by atoms with Crippen LogP contribution >= 0.6 is 23.4 Å². The first-order valence-electron chi connectivity index (χ1n) is 6.66. The highest BCUT2D eigenvalue weighted by Gasteiger charge is 2.05. The second-order valence-electron chi connectivity index (χ2n) is 4.32. The predicted molar refractivity (Wildman–Crippen MR) is 89.1 cm³/mol. The van der Waals surface area contributed by atoms with Gasteiger partial charge in [-0.25, -0.2) is 0 Å². The molecule has 3 N–H and O–H groups in total. The molecular formula is C14H19ClN2O4S. The molecule has 0 aliphatic carbocycles. The van der Waals surface area contributed by atoms with E-state index in [1.807, 2.05) is 0 Å². The van der Waals surface area contributed by atoms with Crippen LogP contribution in [0, 0.1) is 0 Å². The average Bonchev–Trinajstić information content (AvgIpc) is 2.47. The van der Waals surface area contributed by atoms with Gasteiger partial charge in [-0.15, -0.1) is 11.8 Å². The number of hydrogen-bond donors (Lipinski definition) is 3. The summed E-state index contributed by atoms with van der Waals surface area (Å²) in [6, 6.07) is 5.22. The van der Waals surface area contributed by atoms with Gasteiger partial charge in [0.2, 0.25) is 5.91 Å². The lowest BCUT2D eigenvalue weighted by atomic mass is 10.3. The van der Waals surface area contributed by atoms with Crippen LogP contribution in [0.3, 0.4) is 0 Å². The molecular weight excluding hydrogens is 328 g/mol. The Labute approximate surface area is 138 Å². The number of ether oxygens (including phenoxy) is 1. The molecule has 122 valence electrons. The van der Waals surface area contributed by atoms with Gasteiger partial charge in [0, 0.05) is 30.3 Å². The molecule has 0 aromatic heterocycles. The van der Waals surface area contributed by atoms with E-state index in [-0.39, 0.29) is 11.7 Å². The SMILES string of the molecule is COc1ccc(Cl)cc1NCCC(=O)NCCSCC(=O)O. The third-order valence-corrected chi connectivity index (χ3v) is 3.80. The van der Waals surface area contributed by atoms with E-state index < -0.39 is 5.97 Å². The van der Waals surface area contributed by atoms with Crippen molar-refractivity contribution in [2.45, 2.75) is 6.42 Å². The van der Waals surface area contributed by atoms with E-state index in [1.165, 1.54) is 11.8 Å². The Morgan fingerprint density at radius 3 is 2.82 bits per heavy atom. The number of halogens is 1. The fraction of sp³-hybridized carbons (Fsp3) is 0.429. The standard InChI is InChI=1S/C14H19ClN2O4S/c1-21-12-3-2-10(15)8-11(12)16-5-4-13(18)17-6-7-22-9-14(19)20/h2-3,8,16H,4-7,9H2,1H3,(H,17,18)(H,19,20). The third-order valence-electron chi connectivity index (χ3n) is 2.62. The molecule has 1 rings (SSSR count). The van der Waals surface area contributed by atoms with Crippen LogP contribution in [0.15, 0.2) is 18.2 Å². The molecule has 1 aromatic carbocycles. The minimum absolute atomic E-state index is 0.0476. The van der Waals surface area contributed by atoms with Crippen LogP contribution in [0.25, 0.3) is 0 Å². The number of hydrogen-bond acceptors (Lipinski definition) is 5. The van der Waals surface area contributed by atoms with E-state index in [2.05, 4.69) is 10.6 Å². The van der Waals surface area contributed by atoms with Crippen LogP contribution in [0.1, 0.15) is 6.42 Å². The zero-order valence-electron chi connectivity index (χ0n) is 12.2. The van der Waals surface area contributed by atoms with Crippen molar-refractivity contribution in [2.75, 3.05) is 37.0 Å². The summed E-state index contributed by atoms with van der Waals surface area (Å²) in [6.07, 6.45) is 0.305. The Bertz CT molecular complexity index is 514. The van der Waals surface area contributed by atoms with Crippen molar-refractivity contribution < 1.29 is 19.4 Å². The van der Waals surface area contributed by atoms with Gasteiger partial charge in [0.1, 0.15) is 5.75 Å². The van der Waals surface area contributed by atoms with Crippen LogP contribution in [0.2, 0.25) is 5.02 Å². The van der Waals surface area contributed by atoms with E-state index in [1.54, 1.807) is 25.3 Å². The first-order valence-corrected chi connectivity index (χ1v) is 8.20. The minimum Gasteiger partial charge on any atom is -0.495 e. The number of thioether (sulfide) groups is 1. The first kappa shape index (κ1) is 18.4. The molecule has 22 heavy (non-hydrogen) atoms. The van der Waals surface area contributed by atoms with Crippen LogP contribution in [0.5, 0.6) is 5.75 Å². The number of benzene rings is 1. The molecule has 1 amide bonds. The molecule has 0 spiro atoms. The number of carboxylic acids is 1. The normalized spacial score (nSPS) is 10.1. The highest BCUT2D eigenvalue weighted by Crippen LogP contribution is 2.27. The monoisotopic (exact) mass is 346 g/mol. The number of rotatable bonds is 10. The molecule has 0 saturated carbocycles. The summed E-state index contributed by atoms with van der Waals surface area (Å²) in [4.78, 5) is 21.9. The van der Waals surface area contributed by atoms with Gasteiger partial charge in [0.15, 0.2) is 0 Å². The smallest absolute Gasteiger partial charge is 0.313 e. The zero-order chi connectivity index (χ0) is 16.4. The average molecular weight is 347 g/mol. The molecule has 0 aliphatic rings. The van der Waals surface area contributed by atoms with E-state index in [9.17, 15) is 9.59 Å². The molecule has 1 aromatic rings. The molecule has 0 atom stereocenters. The fourth-order valence-electron chi connectivity index (χ4n) is 1.64. The largest absolute Gasteiger partial charge is 0.495 e. The number of carboxylic acid groups (broad SMARTS) is 1. The molecule has 0 unspecified atom stereocenters. The molecule has 0 fully saturated rings. The number of amides is 1. The molecule has 0 aliphatic heterocycles. The van der Waals surface area contributed by atoms with Crippen molar-refractivity contribution in [1.82, 2.24) is 5.32 Å². The predicted octanol–water partition coefficient (Wildman–Crippen LogP) is 2.08. The fourth-order valence-corrected chi connectivity index (χ4v) is 2.38. The molecule has 6 nitrogen and oxygen atoms in total. The highest BCUT2D eigenvalue weighted by molar-refractivity contribution is 7.99. The van der Waals surface area contributed by atoms with E-state index >= 15 is 0 Å². The second-order valence-corrected chi connectivity index (χ2v) is 5.86. The molecule has 0 heterocycles. The van der Waals surface area contributed by atoms with Crippen LogP contribution in [-0.2, 0) is 9.59 Å². The van der Waals surface area contributed by atoms with Gasteiger partial charge in [0.05, 0.1) is 18.6 Å². The highest BCUT2D eigenvalue weighted by atomic mass is 35.5. The van der Waals surface area contributed by atoms with Gasteiger partial charge in [-0.05, 0) is 18.2 Å². The lowest BCUT2D eigenvalue weighted by Gasteiger charge is -2.11. The van der Waals surface area contributed by atoms with Crippen molar-refractivity contribution in [3.8, 4) is 5.75 Å². The van der Waals surface area contributed by atoms with Gasteiger partial charge in [0.25, 0.3) is 0 Å². The maximum absolute atomic E-state index is 11.6. The van der Waals surface area contributed by atoms with Crippen molar-refractivity contribution >= 4 is 40.9 Å². The number of anilines is 1. The maximum atomic E-state index is 11.6. The summed E-state index contributed by atoms with van der Waals surface area (Å²) in [5, 5.41) is 14.9. The number of nitrogens with one attached hydrogen (secondary N) is 2. The Morgan fingerprint density at radius 1 is 1.36 bits per heavy atom. The Kier molecular flexibility index (Phi) is 8.54. The second kappa shape index (κ2) is 10.2. The van der Waals surface area contributed by atoms with E-state index in [0.717, 1.165) is 5.69 Å². The molecule has 8 heteroatoms. The summed E-state index contributed by atoms with van der Waals surface area (Å²) in [7, 11) is 1.57. The van der Waals surface area contributed by atoms with Crippen molar-refractivity contribution in [3.63, 3.8) is 0 Å². The van der Waals surface area contributed by atoms with Crippen LogP contribution in [0.4, 0.5) is 5.69 Å². The summed E-state index contributed by atoms with van der Waals surface area (Å²) >= 11 is 7.19. The first-order chi connectivity index (χ1) is 10.5. The molecule has 0 radical (unpaired) electrons. The van der Waals surface area contributed by atoms with Gasteiger partial charge in [-0.3, -0.25) is 9.59 Å². The number of methoxy groups -OCH3 is 1. The van der Waals surface area contributed by atoms with Gasteiger partial charge >= 0.3 is 5.97 Å². The minimum atomic E-state index is -0.851. The van der Waals surface area contributed by atoms with E-state index in [4.69, 9.17) is 21.4 Å². The number of aliphatic carboxylic acids is 1. The summed E-state index contributed by atoms with van der Waals surface area (Å²) in [6.45, 7) is 0.905. The zero-order valence-corrected chi connectivity index (χ0v) is 13.8. The summed E-state index contributed by atoms with van der Waals surface area (Å²) in [5.41, 5.74) is 0.736. The lowest BCUT2D eigenvalue weighted by Crippen LogP contribution is -2.27. The van der Waals surface area contributed by atoms with Crippen LogP contribution in [-0.4, -0.2) is 48.7 Å². The van der Waals surface area contributed by atoms with Crippen molar-refractivity contribution in [2.24, 2.45) is 0 Å². The van der Waals surface area contributed by atoms with Gasteiger partial charge in [-0.1, -0.05) is 11.6 Å².